The number of halogens is 4. The molecule has 38 heavy (non-hydrogen) atoms. The molecule has 1 aliphatic rings. The Bertz CT molecular complexity index is 1520. The highest BCUT2D eigenvalue weighted by Crippen LogP contribution is 2.34. The number of fused-ring (bicyclic) bond motifs is 2. The summed E-state index contributed by atoms with van der Waals surface area (Å²) in [5, 5.41) is 3.13. The number of hydrogen-bond donors (Lipinski definition) is 1. The van der Waals surface area contributed by atoms with E-state index in [4.69, 9.17) is 11.6 Å². The minimum atomic E-state index is -4.93. The minimum absolute atomic E-state index is 0.243. The van der Waals surface area contributed by atoms with Crippen molar-refractivity contribution in [1.29, 1.82) is 0 Å². The lowest BCUT2D eigenvalue weighted by molar-refractivity contribution is -0.274. The third-order valence-corrected chi connectivity index (χ3v) is 6.39. The van der Waals surface area contributed by atoms with Crippen LogP contribution in [0, 0.1) is 0 Å². The monoisotopic (exact) mass is 536 g/mol. The number of hydrogen-bond acceptors (Lipinski definition) is 3. The molecule has 0 radical (unpaired) electrons. The van der Waals surface area contributed by atoms with Crippen molar-refractivity contribution in [3.8, 4) is 5.75 Å². The van der Waals surface area contributed by atoms with E-state index in [1.165, 1.54) is 30.3 Å². The van der Waals surface area contributed by atoms with Gasteiger partial charge in [0.15, 0.2) is 0 Å². The van der Waals surface area contributed by atoms with E-state index in [-0.39, 0.29) is 11.5 Å². The zero-order valence-electron chi connectivity index (χ0n) is 19.8. The molecule has 0 unspecified atom stereocenters. The summed E-state index contributed by atoms with van der Waals surface area (Å²) < 4.78 is 42.1. The summed E-state index contributed by atoms with van der Waals surface area (Å²) in [6, 6.07) is 24.6. The van der Waals surface area contributed by atoms with Crippen LogP contribution in [0.5, 0.6) is 5.75 Å². The first-order valence-electron chi connectivity index (χ1n) is 11.6. The van der Waals surface area contributed by atoms with Crippen molar-refractivity contribution in [2.24, 2.45) is 0 Å². The number of carbonyl (C=O) groups is 2. The number of benzene rings is 4. The molecule has 5 nitrogen and oxygen atoms in total. The Morgan fingerprint density at radius 3 is 2.26 bits per heavy atom. The molecule has 0 saturated heterocycles. The molecule has 1 heterocycles. The maximum Gasteiger partial charge on any atom is 0.573 e. The van der Waals surface area contributed by atoms with Crippen LogP contribution in [0.1, 0.15) is 37.4 Å². The van der Waals surface area contributed by atoms with Gasteiger partial charge in [-0.1, -0.05) is 48.0 Å². The van der Waals surface area contributed by atoms with Crippen LogP contribution in [0.4, 0.5) is 24.5 Å². The maximum atomic E-state index is 13.6. The molecule has 192 valence electrons. The summed E-state index contributed by atoms with van der Waals surface area (Å²) in [7, 11) is 0. The topological polar surface area (TPSA) is 58.6 Å². The summed E-state index contributed by atoms with van der Waals surface area (Å²) in [5.74, 6) is -1.63. The fourth-order valence-corrected chi connectivity index (χ4v) is 4.60. The molecule has 1 aliphatic heterocycles. The molecule has 2 amide bonds. The first kappa shape index (κ1) is 25.4. The van der Waals surface area contributed by atoms with Crippen LogP contribution in [0.25, 0.3) is 0 Å². The largest absolute Gasteiger partial charge is 0.573 e. The van der Waals surface area contributed by atoms with E-state index < -0.39 is 18.0 Å². The summed E-state index contributed by atoms with van der Waals surface area (Å²) in [5.41, 5.74) is 4.24. The van der Waals surface area contributed by atoms with Crippen molar-refractivity contribution in [3.63, 3.8) is 0 Å². The van der Waals surface area contributed by atoms with Gasteiger partial charge in [-0.15, -0.1) is 13.2 Å². The molecular weight excluding hydrogens is 517 g/mol. The standard InChI is InChI=1S/C29H20ClF3N2O3/c30-22-11-14-25-21(16-22)15-19-5-1-2-6-20(19)17-35(25)28(37)18-9-12-23(13-10-18)34-27(36)24-7-3-4-8-26(24)38-29(31,32)33/h1-14,16H,15,17H2,(H,34,36). The van der Waals surface area contributed by atoms with Gasteiger partial charge in [0, 0.05) is 22.0 Å². The van der Waals surface area contributed by atoms with E-state index in [9.17, 15) is 22.8 Å². The summed E-state index contributed by atoms with van der Waals surface area (Å²) in [6.45, 7) is 0.373. The van der Waals surface area contributed by atoms with Gasteiger partial charge in [0.2, 0.25) is 0 Å². The molecular formula is C29H20ClF3N2O3. The van der Waals surface area contributed by atoms with Gasteiger partial charge in [-0.2, -0.15) is 0 Å². The average molecular weight is 537 g/mol. The average Bonchev–Trinajstić information content (AvgIpc) is 3.04. The Labute approximate surface area is 221 Å². The number of anilines is 2. The highest BCUT2D eigenvalue weighted by molar-refractivity contribution is 6.30. The van der Waals surface area contributed by atoms with Gasteiger partial charge >= 0.3 is 6.36 Å². The van der Waals surface area contributed by atoms with E-state index >= 15 is 0 Å². The third-order valence-electron chi connectivity index (χ3n) is 6.15. The molecule has 0 aliphatic carbocycles. The molecule has 4 aromatic rings. The summed E-state index contributed by atoms with van der Waals surface area (Å²) >= 11 is 6.24. The van der Waals surface area contributed by atoms with E-state index in [1.807, 2.05) is 36.4 Å². The van der Waals surface area contributed by atoms with Crippen molar-refractivity contribution in [2.45, 2.75) is 19.3 Å². The molecule has 0 saturated carbocycles. The first-order valence-corrected chi connectivity index (χ1v) is 12.0. The lowest BCUT2D eigenvalue weighted by Crippen LogP contribution is -2.30. The van der Waals surface area contributed by atoms with Crippen molar-refractivity contribution in [1.82, 2.24) is 0 Å². The van der Waals surface area contributed by atoms with Gasteiger partial charge in [0.1, 0.15) is 5.75 Å². The Kier molecular flexibility index (Phi) is 6.82. The SMILES string of the molecule is O=C(Nc1ccc(C(=O)N2Cc3ccccc3Cc3cc(Cl)ccc32)cc1)c1ccccc1OC(F)(F)F. The lowest BCUT2D eigenvalue weighted by atomic mass is 10.0. The Balaban J connectivity index is 1.38. The van der Waals surface area contributed by atoms with Gasteiger partial charge < -0.3 is 15.0 Å². The Morgan fingerprint density at radius 1 is 0.842 bits per heavy atom. The lowest BCUT2D eigenvalue weighted by Gasteiger charge is -2.24. The second kappa shape index (κ2) is 10.2. The summed E-state index contributed by atoms with van der Waals surface area (Å²) in [4.78, 5) is 28.0. The molecule has 1 N–H and O–H groups in total. The molecule has 4 aromatic carbocycles. The number of carbonyl (C=O) groups excluding carboxylic acids is 2. The van der Waals surface area contributed by atoms with Crippen molar-refractivity contribution >= 4 is 34.8 Å². The van der Waals surface area contributed by atoms with Gasteiger partial charge in [0.05, 0.1) is 12.1 Å². The smallest absolute Gasteiger partial charge is 0.405 e. The van der Waals surface area contributed by atoms with Crippen LogP contribution in [0.15, 0.2) is 91.0 Å². The second-order valence-corrected chi connectivity index (χ2v) is 9.12. The number of nitrogens with one attached hydrogen (secondary N) is 1. The van der Waals surface area contributed by atoms with E-state index in [2.05, 4.69) is 10.1 Å². The minimum Gasteiger partial charge on any atom is -0.405 e. The summed E-state index contributed by atoms with van der Waals surface area (Å²) in [6.07, 6.45) is -4.30. The predicted molar refractivity (Wildman–Crippen MR) is 139 cm³/mol. The molecule has 0 spiro atoms. The van der Waals surface area contributed by atoms with Crippen LogP contribution in [0.2, 0.25) is 5.02 Å². The normalized spacial score (nSPS) is 12.7. The molecule has 0 bridgehead atoms. The highest BCUT2D eigenvalue weighted by atomic mass is 35.5. The van der Waals surface area contributed by atoms with Crippen LogP contribution >= 0.6 is 11.6 Å². The molecule has 9 heteroatoms. The highest BCUT2D eigenvalue weighted by Gasteiger charge is 2.33. The zero-order valence-corrected chi connectivity index (χ0v) is 20.5. The number of ether oxygens (including phenoxy) is 1. The van der Waals surface area contributed by atoms with Crippen molar-refractivity contribution in [3.05, 3.63) is 124 Å². The third kappa shape index (κ3) is 5.50. The molecule has 0 aromatic heterocycles. The number of rotatable bonds is 4. The molecule has 0 atom stereocenters. The van der Waals surface area contributed by atoms with Gasteiger partial charge in [0.25, 0.3) is 11.8 Å². The fourth-order valence-electron chi connectivity index (χ4n) is 4.40. The quantitative estimate of drug-likeness (QED) is 0.299. The van der Waals surface area contributed by atoms with Crippen LogP contribution in [-0.2, 0) is 13.0 Å². The van der Waals surface area contributed by atoms with Crippen LogP contribution < -0.4 is 15.0 Å². The van der Waals surface area contributed by atoms with E-state index in [0.29, 0.717) is 29.2 Å². The van der Waals surface area contributed by atoms with Crippen LogP contribution in [-0.4, -0.2) is 18.2 Å². The Morgan fingerprint density at radius 2 is 1.53 bits per heavy atom. The number of alkyl halides is 3. The number of nitrogens with zero attached hydrogens (tertiary/aromatic N) is 1. The maximum absolute atomic E-state index is 13.6. The van der Waals surface area contributed by atoms with Crippen LogP contribution in [0.3, 0.4) is 0 Å². The van der Waals surface area contributed by atoms with E-state index in [1.54, 1.807) is 23.1 Å². The molecule has 5 rings (SSSR count). The van der Waals surface area contributed by atoms with Crippen molar-refractivity contribution < 1.29 is 27.5 Å². The second-order valence-electron chi connectivity index (χ2n) is 8.69. The number of amides is 2. The van der Waals surface area contributed by atoms with Crippen molar-refractivity contribution in [2.75, 3.05) is 10.2 Å². The van der Waals surface area contributed by atoms with Gasteiger partial charge in [-0.25, -0.2) is 0 Å². The predicted octanol–water partition coefficient (Wildman–Crippen LogP) is 7.24. The molecule has 0 fully saturated rings. The van der Waals surface area contributed by atoms with E-state index in [0.717, 1.165) is 28.4 Å². The van der Waals surface area contributed by atoms with Gasteiger partial charge in [-0.05, 0) is 77.7 Å². The zero-order chi connectivity index (χ0) is 26.9. The fraction of sp³-hybridized carbons (Fsp3) is 0.103. The first-order chi connectivity index (χ1) is 18.2. The van der Waals surface area contributed by atoms with Gasteiger partial charge in [-0.3, -0.25) is 9.59 Å². The number of para-hydroxylation sites is 1. The Hall–Kier alpha value is -4.30.